The van der Waals surface area contributed by atoms with Crippen molar-refractivity contribution < 1.29 is 14.6 Å². The number of carbonyl (C=O) groups is 1. The van der Waals surface area contributed by atoms with Gasteiger partial charge in [0.1, 0.15) is 23.3 Å². The van der Waals surface area contributed by atoms with E-state index in [0.717, 1.165) is 22.2 Å². The number of benzene rings is 2. The second-order valence-electron chi connectivity index (χ2n) is 5.68. The lowest BCUT2D eigenvalue weighted by Crippen LogP contribution is -2.15. The first-order valence-corrected chi connectivity index (χ1v) is 8.83. The Bertz CT molecular complexity index is 848. The molecule has 0 bridgehead atoms. The maximum atomic E-state index is 12.1. The van der Waals surface area contributed by atoms with Crippen LogP contribution in [0.5, 0.6) is 11.5 Å². The van der Waals surface area contributed by atoms with Gasteiger partial charge in [0.2, 0.25) is 0 Å². The first kappa shape index (κ1) is 17.3. The molecular formula is C19H15IN2O3. The van der Waals surface area contributed by atoms with Crippen molar-refractivity contribution in [1.29, 1.82) is 5.26 Å². The zero-order valence-electron chi connectivity index (χ0n) is 13.2. The number of anilines is 1. The molecule has 5 nitrogen and oxygen atoms in total. The largest absolute Gasteiger partial charge is 0.510 e. The maximum Gasteiger partial charge on any atom is 0.269 e. The number of hydrogen-bond donors (Lipinski definition) is 2. The third-order valence-corrected chi connectivity index (χ3v) is 4.44. The van der Waals surface area contributed by atoms with E-state index in [0.29, 0.717) is 11.4 Å². The molecule has 2 aromatic carbocycles. The van der Waals surface area contributed by atoms with Crippen LogP contribution in [0.2, 0.25) is 0 Å². The lowest BCUT2D eigenvalue weighted by molar-refractivity contribution is -0.112. The average molecular weight is 446 g/mol. The number of nitriles is 1. The number of aliphatic hydroxyl groups is 1. The van der Waals surface area contributed by atoms with E-state index in [1.165, 1.54) is 0 Å². The highest BCUT2D eigenvalue weighted by Gasteiger charge is 2.30. The first-order chi connectivity index (χ1) is 12.1. The van der Waals surface area contributed by atoms with E-state index in [9.17, 15) is 9.90 Å². The topological polar surface area (TPSA) is 82.4 Å². The summed E-state index contributed by atoms with van der Waals surface area (Å²) in [4.78, 5) is 12.1. The van der Waals surface area contributed by atoms with E-state index < -0.39 is 5.91 Å². The number of hydrogen-bond acceptors (Lipinski definition) is 4. The molecule has 0 aromatic heterocycles. The molecule has 1 saturated carbocycles. The summed E-state index contributed by atoms with van der Waals surface area (Å²) >= 11 is 2.22. The van der Waals surface area contributed by atoms with Gasteiger partial charge in [0.05, 0.1) is 0 Å². The molecule has 1 aliphatic carbocycles. The van der Waals surface area contributed by atoms with Gasteiger partial charge < -0.3 is 15.2 Å². The van der Waals surface area contributed by atoms with Crippen LogP contribution in [0.4, 0.5) is 5.69 Å². The molecular weight excluding hydrogens is 431 g/mol. The SMILES string of the molecule is N#CC(C(=O)Nc1ccc(Oc2ccc(I)cc2)cc1)=C(O)C1CC1. The Balaban J connectivity index is 1.66. The van der Waals surface area contributed by atoms with Gasteiger partial charge >= 0.3 is 0 Å². The Morgan fingerprint density at radius 3 is 2.20 bits per heavy atom. The number of amides is 1. The maximum absolute atomic E-state index is 12.1. The van der Waals surface area contributed by atoms with Crippen LogP contribution in [-0.4, -0.2) is 11.0 Å². The molecule has 0 atom stereocenters. The minimum atomic E-state index is -0.599. The number of halogens is 1. The van der Waals surface area contributed by atoms with Crippen LogP contribution in [0.1, 0.15) is 12.8 Å². The number of carbonyl (C=O) groups excluding carboxylic acids is 1. The Labute approximate surface area is 159 Å². The van der Waals surface area contributed by atoms with Crippen molar-refractivity contribution in [1.82, 2.24) is 0 Å². The van der Waals surface area contributed by atoms with E-state index in [1.54, 1.807) is 30.3 Å². The molecule has 1 fully saturated rings. The molecule has 0 spiro atoms. The van der Waals surface area contributed by atoms with E-state index in [1.807, 2.05) is 24.3 Å². The second-order valence-corrected chi connectivity index (χ2v) is 6.93. The van der Waals surface area contributed by atoms with Crippen molar-refractivity contribution >= 4 is 34.2 Å². The van der Waals surface area contributed by atoms with E-state index in [2.05, 4.69) is 27.9 Å². The van der Waals surface area contributed by atoms with Gasteiger partial charge in [-0.2, -0.15) is 5.26 Å². The predicted molar refractivity (Wildman–Crippen MR) is 102 cm³/mol. The summed E-state index contributed by atoms with van der Waals surface area (Å²) in [7, 11) is 0. The fourth-order valence-electron chi connectivity index (χ4n) is 2.22. The van der Waals surface area contributed by atoms with Gasteiger partial charge in [0, 0.05) is 15.2 Å². The summed E-state index contributed by atoms with van der Waals surface area (Å²) in [5, 5.41) is 21.6. The molecule has 0 heterocycles. The Kier molecular flexibility index (Phi) is 5.24. The van der Waals surface area contributed by atoms with Crippen molar-refractivity contribution in [3.05, 3.63) is 63.4 Å². The van der Waals surface area contributed by atoms with Crippen LogP contribution in [0.15, 0.2) is 59.9 Å². The average Bonchev–Trinajstić information content (AvgIpc) is 3.44. The third-order valence-electron chi connectivity index (χ3n) is 3.72. The predicted octanol–water partition coefficient (Wildman–Crippen LogP) is 4.77. The molecule has 0 saturated heterocycles. The van der Waals surface area contributed by atoms with Crippen LogP contribution >= 0.6 is 22.6 Å². The van der Waals surface area contributed by atoms with Crippen molar-refractivity contribution in [2.45, 2.75) is 12.8 Å². The van der Waals surface area contributed by atoms with Crippen LogP contribution in [0.3, 0.4) is 0 Å². The monoisotopic (exact) mass is 446 g/mol. The lowest BCUT2D eigenvalue weighted by Gasteiger charge is -2.08. The number of rotatable bonds is 5. The molecule has 6 heteroatoms. The molecule has 0 aliphatic heterocycles. The number of allylic oxidation sites excluding steroid dienone is 1. The van der Waals surface area contributed by atoms with E-state index >= 15 is 0 Å². The first-order valence-electron chi connectivity index (χ1n) is 7.75. The number of ether oxygens (including phenoxy) is 1. The molecule has 126 valence electrons. The molecule has 1 amide bonds. The van der Waals surface area contributed by atoms with Gasteiger partial charge in [-0.15, -0.1) is 0 Å². The minimum absolute atomic E-state index is 0.0508. The fourth-order valence-corrected chi connectivity index (χ4v) is 2.58. The van der Waals surface area contributed by atoms with E-state index in [-0.39, 0.29) is 17.3 Å². The summed E-state index contributed by atoms with van der Waals surface area (Å²) in [5.74, 6) is 0.597. The van der Waals surface area contributed by atoms with Crippen LogP contribution < -0.4 is 10.1 Å². The molecule has 0 radical (unpaired) electrons. The van der Waals surface area contributed by atoms with Crippen molar-refractivity contribution in [3.8, 4) is 17.6 Å². The van der Waals surface area contributed by atoms with Crippen molar-refractivity contribution in [3.63, 3.8) is 0 Å². The Morgan fingerprint density at radius 2 is 1.68 bits per heavy atom. The molecule has 25 heavy (non-hydrogen) atoms. The van der Waals surface area contributed by atoms with E-state index in [4.69, 9.17) is 10.00 Å². The van der Waals surface area contributed by atoms with Gasteiger partial charge in [-0.25, -0.2) is 0 Å². The number of nitrogens with one attached hydrogen (secondary N) is 1. The summed E-state index contributed by atoms with van der Waals surface area (Å²) < 4.78 is 6.85. The van der Waals surface area contributed by atoms with Crippen LogP contribution in [0, 0.1) is 20.8 Å². The summed E-state index contributed by atoms with van der Waals surface area (Å²) in [6.07, 6.45) is 1.63. The zero-order valence-corrected chi connectivity index (χ0v) is 15.4. The smallest absolute Gasteiger partial charge is 0.269 e. The Morgan fingerprint density at radius 1 is 1.12 bits per heavy atom. The summed E-state index contributed by atoms with van der Waals surface area (Å²) in [6.45, 7) is 0. The fraction of sp³-hybridized carbons (Fsp3) is 0.158. The minimum Gasteiger partial charge on any atom is -0.510 e. The van der Waals surface area contributed by atoms with Crippen molar-refractivity contribution in [2.75, 3.05) is 5.32 Å². The highest BCUT2D eigenvalue weighted by Crippen LogP contribution is 2.36. The van der Waals surface area contributed by atoms with Crippen LogP contribution in [-0.2, 0) is 4.79 Å². The van der Waals surface area contributed by atoms with Crippen molar-refractivity contribution in [2.24, 2.45) is 5.92 Å². The highest BCUT2D eigenvalue weighted by atomic mass is 127. The normalized spacial score (nSPS) is 14.2. The summed E-state index contributed by atoms with van der Waals surface area (Å²) in [5.41, 5.74) is 0.304. The lowest BCUT2D eigenvalue weighted by atomic mass is 10.1. The second kappa shape index (κ2) is 7.57. The molecule has 1 aliphatic rings. The summed E-state index contributed by atoms with van der Waals surface area (Å²) in [6, 6.07) is 16.3. The Hall–Kier alpha value is -2.53. The number of aliphatic hydroxyl groups excluding tert-OH is 1. The van der Waals surface area contributed by atoms with Gasteiger partial charge in [-0.05, 0) is 84.0 Å². The quantitative estimate of drug-likeness (QED) is 0.300. The van der Waals surface area contributed by atoms with Gasteiger partial charge in [0.25, 0.3) is 5.91 Å². The van der Waals surface area contributed by atoms with Gasteiger partial charge in [0.15, 0.2) is 5.57 Å². The van der Waals surface area contributed by atoms with Gasteiger partial charge in [-0.3, -0.25) is 4.79 Å². The molecule has 2 aromatic rings. The highest BCUT2D eigenvalue weighted by molar-refractivity contribution is 14.1. The molecule has 0 unspecified atom stereocenters. The zero-order chi connectivity index (χ0) is 17.8. The molecule has 3 rings (SSSR count). The van der Waals surface area contributed by atoms with Gasteiger partial charge in [-0.1, -0.05) is 0 Å². The third kappa shape index (κ3) is 4.51. The molecule has 2 N–H and O–H groups in total. The standard InChI is InChI=1S/C19H15IN2O3/c20-13-3-7-15(8-4-13)25-16-9-5-14(6-10-16)22-19(24)17(11-21)18(23)12-1-2-12/h3-10,12,23H,1-2H2,(H,22,24). The number of nitrogens with zero attached hydrogens (tertiary/aromatic N) is 1. The van der Waals surface area contributed by atoms with Crippen LogP contribution in [0.25, 0.3) is 0 Å².